The Hall–Kier alpha value is -6.31. The molecule has 0 unspecified atom stereocenters. The molecule has 0 saturated heterocycles. The van der Waals surface area contributed by atoms with Crippen molar-refractivity contribution < 1.29 is 24.2 Å². The first kappa shape index (κ1) is 35.1. The molecule has 0 saturated carbocycles. The molecule has 7 nitrogen and oxygen atoms in total. The molecular weight excluding hydrogens is 661 g/mol. The van der Waals surface area contributed by atoms with Gasteiger partial charge >= 0.3 is 6.09 Å². The number of benzene rings is 6. The van der Waals surface area contributed by atoms with E-state index in [4.69, 9.17) is 4.74 Å². The monoisotopic (exact) mass is 700 g/mol. The molecule has 264 valence electrons. The summed E-state index contributed by atoms with van der Waals surface area (Å²) in [6.45, 7) is -0.0545. The number of carbonyl (C=O) groups excluding carboxylic acids is 3. The predicted octanol–water partition coefficient (Wildman–Crippen LogP) is 7.70. The van der Waals surface area contributed by atoms with Crippen LogP contribution in [0.5, 0.6) is 0 Å². The van der Waals surface area contributed by atoms with Gasteiger partial charge in [-0.15, -0.1) is 0 Å². The number of fused-ring (bicyclic) bond motifs is 3. The summed E-state index contributed by atoms with van der Waals surface area (Å²) in [5, 5.41) is 15.6. The molecule has 0 aliphatic heterocycles. The van der Waals surface area contributed by atoms with Crippen molar-refractivity contribution in [3.63, 3.8) is 0 Å². The maximum Gasteiger partial charge on any atom is 0.407 e. The van der Waals surface area contributed by atoms with Crippen molar-refractivity contribution in [2.45, 2.75) is 36.9 Å². The van der Waals surface area contributed by atoms with Gasteiger partial charge < -0.3 is 20.5 Å². The smallest absolute Gasteiger partial charge is 0.407 e. The predicted molar refractivity (Wildman–Crippen MR) is 205 cm³/mol. The van der Waals surface area contributed by atoms with Gasteiger partial charge in [0, 0.05) is 12.3 Å². The fourth-order valence-electron chi connectivity index (χ4n) is 7.34. The van der Waals surface area contributed by atoms with E-state index in [1.165, 1.54) is 0 Å². The molecular formula is C46H40N2O5. The SMILES string of the molecule is O=C(C[C@H](NC(=O)OCC1c2ccccc2-c2ccccc21)C(=O)Cc1ccc(CO)cc1)NC(c1ccccc1)(c1ccccc1)c1ccccc1. The maximum absolute atomic E-state index is 14.4. The summed E-state index contributed by atoms with van der Waals surface area (Å²) in [5.41, 5.74) is 7.16. The number of amides is 2. The van der Waals surface area contributed by atoms with Crippen LogP contribution in [0.15, 0.2) is 164 Å². The summed E-state index contributed by atoms with van der Waals surface area (Å²) in [6.07, 6.45) is -1.14. The van der Waals surface area contributed by atoms with Crippen LogP contribution in [0.3, 0.4) is 0 Å². The molecule has 7 rings (SSSR count). The minimum absolute atomic E-state index is 0.0332. The van der Waals surface area contributed by atoms with Gasteiger partial charge in [0.25, 0.3) is 0 Å². The van der Waals surface area contributed by atoms with Crippen molar-refractivity contribution in [1.82, 2.24) is 10.6 Å². The Labute approximate surface area is 309 Å². The molecule has 1 atom stereocenters. The summed E-state index contributed by atoms with van der Waals surface area (Å²) >= 11 is 0. The van der Waals surface area contributed by atoms with Gasteiger partial charge in [-0.3, -0.25) is 9.59 Å². The Morgan fingerprint density at radius 2 is 1.06 bits per heavy atom. The Morgan fingerprint density at radius 3 is 1.55 bits per heavy atom. The van der Waals surface area contributed by atoms with E-state index < -0.39 is 23.6 Å². The van der Waals surface area contributed by atoms with Crippen molar-refractivity contribution in [3.8, 4) is 11.1 Å². The topological polar surface area (TPSA) is 105 Å². The molecule has 0 aromatic heterocycles. The third-order valence-corrected chi connectivity index (χ3v) is 9.95. The molecule has 0 spiro atoms. The number of hydrogen-bond donors (Lipinski definition) is 3. The van der Waals surface area contributed by atoms with Crippen molar-refractivity contribution in [2.24, 2.45) is 0 Å². The zero-order chi connectivity index (χ0) is 36.6. The van der Waals surface area contributed by atoms with Crippen LogP contribution in [0.2, 0.25) is 0 Å². The molecule has 0 fully saturated rings. The largest absolute Gasteiger partial charge is 0.449 e. The molecule has 7 heteroatoms. The molecule has 0 heterocycles. The number of rotatable bonds is 13. The summed E-state index contributed by atoms with van der Waals surface area (Å²) < 4.78 is 5.83. The standard InChI is InChI=1S/C46H40N2O5/c49-30-33-26-24-32(25-27-33)28-43(50)42(47-45(52)53-31-41-39-22-12-10-20-37(39)38-21-11-13-23-40(38)41)29-44(51)48-46(34-14-4-1-5-15-34,35-16-6-2-7-17-35)36-18-8-3-9-19-36/h1-27,41-42,49H,28-31H2,(H,47,52)(H,48,51)/t42-/m0/s1. The first-order valence-electron chi connectivity index (χ1n) is 17.8. The maximum atomic E-state index is 14.4. The molecule has 6 aromatic rings. The molecule has 0 bridgehead atoms. The quantitative estimate of drug-likeness (QED) is 0.107. The lowest BCUT2D eigenvalue weighted by molar-refractivity contribution is -0.127. The van der Waals surface area contributed by atoms with Crippen molar-refractivity contribution in [3.05, 3.63) is 203 Å². The first-order chi connectivity index (χ1) is 26.0. The third-order valence-electron chi connectivity index (χ3n) is 9.95. The number of aliphatic hydroxyl groups is 1. The van der Waals surface area contributed by atoms with Crippen LogP contribution in [0.4, 0.5) is 4.79 Å². The van der Waals surface area contributed by atoms with Crippen LogP contribution in [0.1, 0.15) is 51.3 Å². The molecule has 3 N–H and O–H groups in total. The van der Waals surface area contributed by atoms with E-state index >= 15 is 0 Å². The molecule has 0 radical (unpaired) electrons. The van der Waals surface area contributed by atoms with Gasteiger partial charge in [0.2, 0.25) is 5.91 Å². The van der Waals surface area contributed by atoms with Crippen molar-refractivity contribution >= 4 is 17.8 Å². The average Bonchev–Trinajstić information content (AvgIpc) is 3.53. The summed E-state index contributed by atoms with van der Waals surface area (Å²) in [5.74, 6) is -0.955. The lowest BCUT2D eigenvalue weighted by Gasteiger charge is -2.37. The molecule has 6 aromatic carbocycles. The van der Waals surface area contributed by atoms with Crippen molar-refractivity contribution in [2.75, 3.05) is 6.61 Å². The lowest BCUT2D eigenvalue weighted by Crippen LogP contribution is -2.51. The minimum Gasteiger partial charge on any atom is -0.449 e. The van der Waals surface area contributed by atoms with Crippen molar-refractivity contribution in [1.29, 1.82) is 0 Å². The van der Waals surface area contributed by atoms with Crippen LogP contribution in [0.25, 0.3) is 11.1 Å². The van der Waals surface area contributed by atoms with Gasteiger partial charge in [-0.25, -0.2) is 4.79 Å². The molecule has 1 aliphatic carbocycles. The highest BCUT2D eigenvalue weighted by atomic mass is 16.5. The normalized spacial score (nSPS) is 12.6. The van der Waals surface area contributed by atoms with Gasteiger partial charge in [-0.2, -0.15) is 0 Å². The molecule has 53 heavy (non-hydrogen) atoms. The Kier molecular flexibility index (Phi) is 10.6. The zero-order valence-electron chi connectivity index (χ0n) is 29.2. The second-order valence-electron chi connectivity index (χ2n) is 13.2. The number of aliphatic hydroxyl groups excluding tert-OH is 1. The number of Topliss-reactive ketones (excluding diaryl/α,β-unsaturated/α-hetero) is 1. The minimum atomic E-state index is -1.19. The molecule has 2 amide bonds. The van der Waals surface area contributed by atoms with E-state index in [1.807, 2.05) is 127 Å². The van der Waals surface area contributed by atoms with Gasteiger partial charge in [-0.1, -0.05) is 164 Å². The third kappa shape index (κ3) is 7.52. The second kappa shape index (κ2) is 15.9. The Bertz CT molecular complexity index is 2050. The van der Waals surface area contributed by atoms with Gasteiger partial charge in [0.1, 0.15) is 12.1 Å². The first-order valence-corrected chi connectivity index (χ1v) is 17.8. The molecule has 1 aliphatic rings. The number of alkyl carbamates (subject to hydrolysis) is 1. The van der Waals surface area contributed by atoms with Gasteiger partial charge in [0.05, 0.1) is 19.1 Å². The fourth-order valence-corrected chi connectivity index (χ4v) is 7.34. The summed E-state index contributed by atoms with van der Waals surface area (Å²) in [4.78, 5) is 41.9. The number of ketones is 1. The van der Waals surface area contributed by atoms with Crippen LogP contribution < -0.4 is 10.6 Å². The number of carbonyl (C=O) groups is 3. The Balaban J connectivity index is 1.16. The van der Waals surface area contributed by atoms with Crippen LogP contribution >= 0.6 is 0 Å². The fraction of sp³-hybridized carbons (Fsp3) is 0.152. The highest BCUT2D eigenvalue weighted by Crippen LogP contribution is 2.44. The van der Waals surface area contributed by atoms with E-state index in [9.17, 15) is 19.5 Å². The van der Waals surface area contributed by atoms with E-state index in [0.29, 0.717) is 11.1 Å². The summed E-state index contributed by atoms with van der Waals surface area (Å²) in [6, 6.07) is 51.1. The van der Waals surface area contributed by atoms with E-state index in [0.717, 1.165) is 38.9 Å². The van der Waals surface area contributed by atoms with E-state index in [-0.39, 0.29) is 37.8 Å². The van der Waals surface area contributed by atoms with Crippen LogP contribution in [0, 0.1) is 0 Å². The highest BCUT2D eigenvalue weighted by molar-refractivity contribution is 5.94. The van der Waals surface area contributed by atoms with Crippen LogP contribution in [-0.4, -0.2) is 35.5 Å². The summed E-state index contributed by atoms with van der Waals surface area (Å²) in [7, 11) is 0. The lowest BCUT2D eigenvalue weighted by atomic mass is 9.77. The van der Waals surface area contributed by atoms with E-state index in [2.05, 4.69) is 22.8 Å². The van der Waals surface area contributed by atoms with E-state index in [1.54, 1.807) is 24.3 Å². The highest BCUT2D eigenvalue weighted by Gasteiger charge is 2.39. The number of nitrogens with one attached hydrogen (secondary N) is 2. The second-order valence-corrected chi connectivity index (χ2v) is 13.2. The number of ether oxygens (including phenoxy) is 1. The Morgan fingerprint density at radius 1 is 0.604 bits per heavy atom. The van der Waals surface area contributed by atoms with Gasteiger partial charge in [-0.05, 0) is 50.1 Å². The van der Waals surface area contributed by atoms with Gasteiger partial charge in [0.15, 0.2) is 5.78 Å². The average molecular weight is 701 g/mol. The number of hydrogen-bond acceptors (Lipinski definition) is 5. The zero-order valence-corrected chi connectivity index (χ0v) is 29.2. The van der Waals surface area contributed by atoms with Crippen LogP contribution in [-0.2, 0) is 32.9 Å².